The van der Waals surface area contributed by atoms with Crippen LogP contribution in [0.25, 0.3) is 11.0 Å². The van der Waals surface area contributed by atoms with E-state index in [0.717, 1.165) is 35.7 Å². The van der Waals surface area contributed by atoms with Crippen LogP contribution < -0.4 is 5.73 Å². The Balaban J connectivity index is 1.66. The number of para-hydroxylation sites is 1. The molecule has 2 heterocycles. The smallest absolute Gasteiger partial charge is 0.191 e. The van der Waals surface area contributed by atoms with Gasteiger partial charge >= 0.3 is 0 Å². The molecule has 0 radical (unpaired) electrons. The Kier molecular flexibility index (Phi) is 3.63. The highest BCUT2D eigenvalue weighted by atomic mass is 16.3. The Labute approximate surface area is 119 Å². The molecule has 1 fully saturated rings. The lowest BCUT2D eigenvalue weighted by atomic mass is 10.00. The first-order valence-corrected chi connectivity index (χ1v) is 7.24. The molecule has 1 aliphatic heterocycles. The summed E-state index contributed by atoms with van der Waals surface area (Å²) in [6, 6.07) is 10.0. The molecule has 1 aromatic heterocycles. The van der Waals surface area contributed by atoms with Gasteiger partial charge in [0.25, 0.3) is 0 Å². The molecule has 0 spiro atoms. The molecule has 0 amide bonds. The summed E-state index contributed by atoms with van der Waals surface area (Å²) in [4.78, 5) is 6.63. The molecule has 0 bridgehead atoms. The first kappa shape index (κ1) is 13.0. The summed E-state index contributed by atoms with van der Waals surface area (Å²) < 4.78 is 5.74. The van der Waals surface area contributed by atoms with E-state index in [1.807, 2.05) is 30.3 Å². The fraction of sp³-hybridized carbons (Fsp3) is 0.438. The maximum absolute atomic E-state index is 6.07. The fourth-order valence-corrected chi connectivity index (χ4v) is 2.61. The molecule has 1 saturated heterocycles. The van der Waals surface area contributed by atoms with Gasteiger partial charge in [-0.25, -0.2) is 4.99 Å². The second-order valence-electron chi connectivity index (χ2n) is 5.59. The molecule has 1 aromatic carbocycles. The second kappa shape index (κ2) is 5.57. The van der Waals surface area contributed by atoms with E-state index in [2.05, 4.69) is 16.8 Å². The largest absolute Gasteiger partial charge is 0.459 e. The van der Waals surface area contributed by atoms with Gasteiger partial charge in [-0.1, -0.05) is 25.1 Å². The first-order chi connectivity index (χ1) is 9.72. The van der Waals surface area contributed by atoms with Crippen molar-refractivity contribution in [3.05, 3.63) is 36.1 Å². The van der Waals surface area contributed by atoms with Crippen LogP contribution in [0.1, 0.15) is 25.5 Å². The SMILES string of the molecule is CC1CCN(C(N)=NCc2cc3ccccc3o2)CC1. The number of piperidine rings is 1. The van der Waals surface area contributed by atoms with Crippen LogP contribution in [0.4, 0.5) is 0 Å². The van der Waals surface area contributed by atoms with E-state index < -0.39 is 0 Å². The minimum atomic E-state index is 0.507. The highest BCUT2D eigenvalue weighted by Gasteiger charge is 2.16. The molecule has 0 saturated carbocycles. The van der Waals surface area contributed by atoms with Crippen LogP contribution in [0, 0.1) is 5.92 Å². The van der Waals surface area contributed by atoms with Crippen molar-refractivity contribution >= 4 is 16.9 Å². The van der Waals surface area contributed by atoms with Crippen LogP contribution in [0.3, 0.4) is 0 Å². The topological polar surface area (TPSA) is 54.8 Å². The molecule has 0 aliphatic carbocycles. The van der Waals surface area contributed by atoms with Crippen LogP contribution in [0.15, 0.2) is 39.7 Å². The van der Waals surface area contributed by atoms with Crippen molar-refractivity contribution in [1.82, 2.24) is 4.90 Å². The molecule has 0 unspecified atom stereocenters. The van der Waals surface area contributed by atoms with Crippen LogP contribution in [0.5, 0.6) is 0 Å². The number of fused-ring (bicyclic) bond motifs is 1. The van der Waals surface area contributed by atoms with Gasteiger partial charge in [0, 0.05) is 18.5 Å². The third kappa shape index (κ3) is 2.79. The molecule has 0 atom stereocenters. The summed E-state index contributed by atoms with van der Waals surface area (Å²) >= 11 is 0. The summed E-state index contributed by atoms with van der Waals surface area (Å²) in [5.74, 6) is 2.30. The lowest BCUT2D eigenvalue weighted by Crippen LogP contribution is -2.42. The number of nitrogens with two attached hydrogens (primary N) is 1. The normalized spacial score (nSPS) is 17.9. The van der Waals surface area contributed by atoms with E-state index in [4.69, 9.17) is 10.2 Å². The van der Waals surface area contributed by atoms with Crippen molar-refractivity contribution in [3.63, 3.8) is 0 Å². The molecular formula is C16H21N3O. The van der Waals surface area contributed by atoms with Crippen LogP contribution in [-0.2, 0) is 6.54 Å². The number of furan rings is 1. The van der Waals surface area contributed by atoms with E-state index in [1.165, 1.54) is 12.8 Å². The Morgan fingerprint density at radius 3 is 2.85 bits per heavy atom. The number of benzene rings is 1. The lowest BCUT2D eigenvalue weighted by Gasteiger charge is -2.30. The zero-order valence-corrected chi connectivity index (χ0v) is 11.9. The third-order valence-corrected chi connectivity index (χ3v) is 3.98. The van der Waals surface area contributed by atoms with Gasteiger partial charge in [0.05, 0.1) is 0 Å². The monoisotopic (exact) mass is 271 g/mol. The van der Waals surface area contributed by atoms with Gasteiger partial charge < -0.3 is 15.1 Å². The van der Waals surface area contributed by atoms with E-state index in [0.29, 0.717) is 12.5 Å². The number of nitrogens with zero attached hydrogens (tertiary/aromatic N) is 2. The number of likely N-dealkylation sites (tertiary alicyclic amines) is 1. The standard InChI is InChI=1S/C16H21N3O/c1-12-6-8-19(9-7-12)16(17)18-11-14-10-13-4-2-3-5-15(13)20-14/h2-5,10,12H,6-9,11H2,1H3,(H2,17,18). The maximum Gasteiger partial charge on any atom is 0.191 e. The number of aliphatic imine (C=N–C) groups is 1. The summed E-state index contributed by atoms with van der Waals surface area (Å²) in [5, 5.41) is 1.11. The van der Waals surface area contributed by atoms with Crippen molar-refractivity contribution in [2.45, 2.75) is 26.3 Å². The predicted molar refractivity (Wildman–Crippen MR) is 81.5 cm³/mol. The lowest BCUT2D eigenvalue weighted by molar-refractivity contribution is 0.277. The van der Waals surface area contributed by atoms with Gasteiger partial charge in [-0.05, 0) is 30.9 Å². The van der Waals surface area contributed by atoms with E-state index in [1.54, 1.807) is 0 Å². The van der Waals surface area contributed by atoms with Crippen molar-refractivity contribution < 1.29 is 4.42 Å². The minimum Gasteiger partial charge on any atom is -0.459 e. The van der Waals surface area contributed by atoms with E-state index in [9.17, 15) is 0 Å². The van der Waals surface area contributed by atoms with Gasteiger partial charge in [0.1, 0.15) is 17.9 Å². The quantitative estimate of drug-likeness (QED) is 0.675. The number of guanidine groups is 1. The zero-order chi connectivity index (χ0) is 13.9. The van der Waals surface area contributed by atoms with E-state index in [-0.39, 0.29) is 0 Å². The Bertz CT molecular complexity index is 576. The molecule has 106 valence electrons. The average molecular weight is 271 g/mol. The minimum absolute atomic E-state index is 0.507. The number of rotatable bonds is 2. The van der Waals surface area contributed by atoms with Crippen LogP contribution in [0.2, 0.25) is 0 Å². The van der Waals surface area contributed by atoms with Crippen molar-refractivity contribution in [1.29, 1.82) is 0 Å². The van der Waals surface area contributed by atoms with Crippen molar-refractivity contribution in [2.24, 2.45) is 16.6 Å². The first-order valence-electron chi connectivity index (χ1n) is 7.24. The summed E-state index contributed by atoms with van der Waals surface area (Å²) in [5.41, 5.74) is 6.98. The average Bonchev–Trinajstić information content (AvgIpc) is 2.88. The van der Waals surface area contributed by atoms with Crippen molar-refractivity contribution in [3.8, 4) is 0 Å². The molecule has 2 aromatic rings. The second-order valence-corrected chi connectivity index (χ2v) is 5.59. The molecule has 4 heteroatoms. The van der Waals surface area contributed by atoms with Gasteiger partial charge in [-0.3, -0.25) is 0 Å². The predicted octanol–water partition coefficient (Wildman–Crippen LogP) is 2.98. The maximum atomic E-state index is 6.07. The zero-order valence-electron chi connectivity index (χ0n) is 11.9. The van der Waals surface area contributed by atoms with Gasteiger partial charge in [0.15, 0.2) is 5.96 Å². The molecular weight excluding hydrogens is 250 g/mol. The number of hydrogen-bond donors (Lipinski definition) is 1. The molecule has 1 aliphatic rings. The molecule has 20 heavy (non-hydrogen) atoms. The van der Waals surface area contributed by atoms with E-state index >= 15 is 0 Å². The summed E-state index contributed by atoms with van der Waals surface area (Å²) in [6.45, 7) is 4.82. The Hall–Kier alpha value is -1.97. The van der Waals surface area contributed by atoms with Gasteiger partial charge in [-0.2, -0.15) is 0 Å². The summed E-state index contributed by atoms with van der Waals surface area (Å²) in [6.07, 6.45) is 2.39. The molecule has 2 N–H and O–H groups in total. The van der Waals surface area contributed by atoms with Crippen LogP contribution >= 0.6 is 0 Å². The molecule has 3 rings (SSSR count). The molecule has 4 nitrogen and oxygen atoms in total. The number of hydrogen-bond acceptors (Lipinski definition) is 2. The Morgan fingerprint density at radius 1 is 1.35 bits per heavy atom. The highest BCUT2D eigenvalue weighted by Crippen LogP contribution is 2.20. The Morgan fingerprint density at radius 2 is 2.10 bits per heavy atom. The highest BCUT2D eigenvalue weighted by molar-refractivity contribution is 5.79. The van der Waals surface area contributed by atoms with Gasteiger partial charge in [-0.15, -0.1) is 0 Å². The van der Waals surface area contributed by atoms with Crippen molar-refractivity contribution in [2.75, 3.05) is 13.1 Å². The third-order valence-electron chi connectivity index (χ3n) is 3.98. The summed E-state index contributed by atoms with van der Waals surface area (Å²) in [7, 11) is 0. The van der Waals surface area contributed by atoms with Gasteiger partial charge in [0.2, 0.25) is 0 Å². The fourth-order valence-electron chi connectivity index (χ4n) is 2.61. The van der Waals surface area contributed by atoms with Crippen LogP contribution in [-0.4, -0.2) is 23.9 Å².